The summed E-state index contributed by atoms with van der Waals surface area (Å²) in [4.78, 5) is 4.12. The minimum absolute atomic E-state index is 0.0669. The molecule has 0 unspecified atom stereocenters. The van der Waals surface area contributed by atoms with E-state index in [9.17, 15) is 13.2 Å². The molecule has 0 fully saturated rings. The van der Waals surface area contributed by atoms with Gasteiger partial charge in [-0.05, 0) is 30.3 Å². The average molecular weight is 331 g/mol. The van der Waals surface area contributed by atoms with Crippen LogP contribution in [0, 0.1) is 17.5 Å². The molecule has 0 bridgehead atoms. The zero-order valence-electron chi connectivity index (χ0n) is 10.4. The fraction of sp³-hybridized carbons (Fsp3) is 0.0714. The summed E-state index contributed by atoms with van der Waals surface area (Å²) in [5.74, 6) is -2.51. The second-order valence-corrected chi connectivity index (χ2v) is 5.00. The second-order valence-electron chi connectivity index (χ2n) is 4.32. The number of hydrogen-bond acceptors (Lipinski definition) is 1. The lowest BCUT2D eigenvalue weighted by Gasteiger charge is -2.10. The van der Waals surface area contributed by atoms with Crippen molar-refractivity contribution in [3.63, 3.8) is 0 Å². The summed E-state index contributed by atoms with van der Waals surface area (Å²) in [7, 11) is 0. The standard InChI is InChI=1S/C14H7Cl2F3N2/c15-6-12-20-10-4-3-9(18)13(19)14(10)21(12)11-5-7(17)1-2-8(11)16/h1-5H,6H2. The van der Waals surface area contributed by atoms with Gasteiger partial charge in [-0.25, -0.2) is 18.2 Å². The van der Waals surface area contributed by atoms with E-state index in [1.54, 1.807) is 0 Å². The van der Waals surface area contributed by atoms with Gasteiger partial charge in [-0.1, -0.05) is 11.6 Å². The second kappa shape index (κ2) is 5.24. The maximum atomic E-state index is 14.1. The Bertz CT molecular complexity index is 846. The Morgan fingerprint density at radius 3 is 2.57 bits per heavy atom. The number of fused-ring (bicyclic) bond motifs is 1. The SMILES string of the molecule is Fc1ccc(Cl)c(-n2c(CCl)nc3ccc(F)c(F)c32)c1. The largest absolute Gasteiger partial charge is 0.291 e. The number of alkyl halides is 1. The number of nitrogens with zero attached hydrogens (tertiary/aromatic N) is 2. The van der Waals surface area contributed by atoms with Crippen molar-refractivity contribution in [3.8, 4) is 5.69 Å². The van der Waals surface area contributed by atoms with Crippen molar-refractivity contribution in [1.82, 2.24) is 9.55 Å². The summed E-state index contributed by atoms with van der Waals surface area (Å²) >= 11 is 11.8. The third kappa shape index (κ3) is 2.26. The molecule has 0 aliphatic carbocycles. The van der Waals surface area contributed by atoms with Gasteiger partial charge in [0.2, 0.25) is 0 Å². The van der Waals surface area contributed by atoms with Crippen molar-refractivity contribution >= 4 is 34.2 Å². The minimum atomic E-state index is -1.09. The molecule has 3 rings (SSSR count). The van der Waals surface area contributed by atoms with E-state index in [4.69, 9.17) is 23.2 Å². The van der Waals surface area contributed by atoms with Gasteiger partial charge in [0.25, 0.3) is 0 Å². The first kappa shape index (κ1) is 14.2. The van der Waals surface area contributed by atoms with Crippen LogP contribution >= 0.6 is 23.2 Å². The molecule has 0 aliphatic rings. The van der Waals surface area contributed by atoms with E-state index in [0.717, 1.165) is 12.1 Å². The van der Waals surface area contributed by atoms with Crippen LogP contribution in [-0.4, -0.2) is 9.55 Å². The fourth-order valence-corrected chi connectivity index (χ4v) is 2.54. The average Bonchev–Trinajstić information content (AvgIpc) is 2.84. The van der Waals surface area contributed by atoms with Crippen molar-refractivity contribution in [3.05, 3.63) is 58.6 Å². The molecular weight excluding hydrogens is 324 g/mol. The maximum absolute atomic E-state index is 14.1. The Hall–Kier alpha value is -1.72. The lowest BCUT2D eigenvalue weighted by Crippen LogP contribution is -2.02. The molecule has 0 amide bonds. The van der Waals surface area contributed by atoms with Crippen molar-refractivity contribution in [2.45, 2.75) is 5.88 Å². The van der Waals surface area contributed by atoms with Crippen LogP contribution in [0.1, 0.15) is 5.82 Å². The first-order valence-electron chi connectivity index (χ1n) is 5.89. The first-order valence-corrected chi connectivity index (χ1v) is 6.81. The maximum Gasteiger partial charge on any atom is 0.185 e. The van der Waals surface area contributed by atoms with E-state index in [1.165, 1.54) is 22.8 Å². The number of halogens is 5. The molecule has 0 saturated heterocycles. The fourth-order valence-electron chi connectivity index (χ4n) is 2.16. The molecule has 0 atom stereocenters. The lowest BCUT2D eigenvalue weighted by molar-refractivity contribution is 0.514. The lowest BCUT2D eigenvalue weighted by atomic mass is 10.2. The van der Waals surface area contributed by atoms with Crippen LogP contribution in [0.5, 0.6) is 0 Å². The predicted molar refractivity (Wildman–Crippen MR) is 75.5 cm³/mol. The highest BCUT2D eigenvalue weighted by Crippen LogP contribution is 2.30. The topological polar surface area (TPSA) is 17.8 Å². The third-order valence-electron chi connectivity index (χ3n) is 3.05. The monoisotopic (exact) mass is 330 g/mol. The molecule has 0 N–H and O–H groups in total. The minimum Gasteiger partial charge on any atom is -0.291 e. The Morgan fingerprint density at radius 1 is 1.10 bits per heavy atom. The molecule has 108 valence electrons. The quantitative estimate of drug-likeness (QED) is 0.615. The number of aromatic nitrogens is 2. The molecule has 3 aromatic rings. The van der Waals surface area contributed by atoms with E-state index in [0.29, 0.717) is 0 Å². The molecule has 21 heavy (non-hydrogen) atoms. The van der Waals surface area contributed by atoms with E-state index in [1.807, 2.05) is 0 Å². The van der Waals surface area contributed by atoms with Crippen molar-refractivity contribution in [2.24, 2.45) is 0 Å². The summed E-state index contributed by atoms with van der Waals surface area (Å²) in [5.41, 5.74) is 0.238. The molecular formula is C14H7Cl2F3N2. The van der Waals surface area contributed by atoms with Crippen LogP contribution < -0.4 is 0 Å². The Kier molecular flexibility index (Phi) is 3.55. The highest BCUT2D eigenvalue weighted by molar-refractivity contribution is 6.32. The molecule has 1 heterocycles. The Labute approximate surface area is 127 Å². The van der Waals surface area contributed by atoms with E-state index < -0.39 is 17.5 Å². The summed E-state index contributed by atoms with van der Waals surface area (Å²) in [6.45, 7) is 0. The van der Waals surface area contributed by atoms with Crippen LogP contribution in [0.25, 0.3) is 16.7 Å². The van der Waals surface area contributed by atoms with Crippen LogP contribution in [0.15, 0.2) is 30.3 Å². The Morgan fingerprint density at radius 2 is 1.86 bits per heavy atom. The first-order chi connectivity index (χ1) is 10.0. The molecule has 2 nitrogen and oxygen atoms in total. The van der Waals surface area contributed by atoms with Gasteiger partial charge in [-0.2, -0.15) is 0 Å². The predicted octanol–water partition coefficient (Wildman–Crippen LogP) is 4.84. The highest BCUT2D eigenvalue weighted by Gasteiger charge is 2.20. The highest BCUT2D eigenvalue weighted by atomic mass is 35.5. The third-order valence-corrected chi connectivity index (χ3v) is 3.61. The smallest absolute Gasteiger partial charge is 0.185 e. The van der Waals surface area contributed by atoms with Crippen molar-refractivity contribution in [2.75, 3.05) is 0 Å². The van der Waals surface area contributed by atoms with Crippen LogP contribution in [0.2, 0.25) is 5.02 Å². The van der Waals surface area contributed by atoms with Crippen molar-refractivity contribution in [1.29, 1.82) is 0 Å². The normalized spacial score (nSPS) is 11.3. The van der Waals surface area contributed by atoms with Gasteiger partial charge >= 0.3 is 0 Å². The van der Waals surface area contributed by atoms with Gasteiger partial charge in [0.05, 0.1) is 22.1 Å². The molecule has 7 heteroatoms. The molecule has 1 aromatic heterocycles. The van der Waals surface area contributed by atoms with Gasteiger partial charge < -0.3 is 0 Å². The van der Waals surface area contributed by atoms with Gasteiger partial charge in [0.1, 0.15) is 17.2 Å². The summed E-state index contributed by atoms with van der Waals surface area (Å²) in [5, 5.41) is 0.172. The van der Waals surface area contributed by atoms with Crippen molar-refractivity contribution < 1.29 is 13.2 Å². The van der Waals surface area contributed by atoms with Gasteiger partial charge in [0.15, 0.2) is 11.6 Å². The van der Waals surface area contributed by atoms with Crippen LogP contribution in [0.3, 0.4) is 0 Å². The Balaban J connectivity index is 2.45. The van der Waals surface area contributed by atoms with E-state index >= 15 is 0 Å². The van der Waals surface area contributed by atoms with Crippen LogP contribution in [0.4, 0.5) is 13.2 Å². The molecule has 2 aromatic carbocycles. The number of rotatable bonds is 2. The number of imidazole rings is 1. The number of benzene rings is 2. The van der Waals surface area contributed by atoms with E-state index in [-0.39, 0.29) is 33.4 Å². The van der Waals surface area contributed by atoms with Gasteiger partial charge in [-0.15, -0.1) is 11.6 Å². The number of hydrogen-bond donors (Lipinski definition) is 0. The van der Waals surface area contributed by atoms with Crippen LogP contribution in [-0.2, 0) is 5.88 Å². The van der Waals surface area contributed by atoms with E-state index in [2.05, 4.69) is 4.98 Å². The molecule has 0 radical (unpaired) electrons. The molecule has 0 aliphatic heterocycles. The zero-order chi connectivity index (χ0) is 15.1. The zero-order valence-corrected chi connectivity index (χ0v) is 11.9. The van der Waals surface area contributed by atoms with Gasteiger partial charge in [0, 0.05) is 0 Å². The molecule has 0 saturated carbocycles. The molecule has 0 spiro atoms. The summed E-state index contributed by atoms with van der Waals surface area (Å²) in [6, 6.07) is 5.91. The summed E-state index contributed by atoms with van der Waals surface area (Å²) < 4.78 is 42.3. The summed E-state index contributed by atoms with van der Waals surface area (Å²) in [6.07, 6.45) is 0. The van der Waals surface area contributed by atoms with Gasteiger partial charge in [-0.3, -0.25) is 4.57 Å².